The number of nitrogens with zero attached hydrogens (tertiary/aromatic N) is 3. The van der Waals surface area contributed by atoms with Gasteiger partial charge < -0.3 is 25.2 Å². The molecule has 1 heterocycles. The molecule has 1 aromatic heterocycles. The van der Waals surface area contributed by atoms with Gasteiger partial charge in [0.1, 0.15) is 11.4 Å². The van der Waals surface area contributed by atoms with E-state index in [0.717, 1.165) is 30.8 Å². The van der Waals surface area contributed by atoms with Crippen molar-refractivity contribution in [3.05, 3.63) is 35.3 Å². The summed E-state index contributed by atoms with van der Waals surface area (Å²) in [6.45, 7) is 1.81. The molecule has 0 unspecified atom stereocenters. The zero-order valence-corrected chi connectivity index (χ0v) is 18.5. The second-order valence-corrected chi connectivity index (χ2v) is 8.39. The maximum atomic E-state index is 13.0. The Labute approximate surface area is 181 Å². The summed E-state index contributed by atoms with van der Waals surface area (Å²) in [6, 6.07) is 7.75. The third kappa shape index (κ3) is 6.43. The van der Waals surface area contributed by atoms with E-state index < -0.39 is 0 Å². The summed E-state index contributed by atoms with van der Waals surface area (Å²) in [4.78, 5) is 33.3. The first-order valence-electron chi connectivity index (χ1n) is 10.0. The molecule has 2 amide bonds. The van der Waals surface area contributed by atoms with Crippen molar-refractivity contribution in [3.63, 3.8) is 0 Å². The lowest BCUT2D eigenvalue weighted by Gasteiger charge is -2.21. The van der Waals surface area contributed by atoms with Gasteiger partial charge >= 0.3 is 0 Å². The van der Waals surface area contributed by atoms with Gasteiger partial charge in [-0.15, -0.1) is 11.3 Å². The van der Waals surface area contributed by atoms with Gasteiger partial charge in [0.25, 0.3) is 5.91 Å². The molecule has 3 rings (SSSR count). The predicted molar refractivity (Wildman–Crippen MR) is 119 cm³/mol. The predicted octanol–water partition coefficient (Wildman–Crippen LogP) is 2.57. The second-order valence-electron chi connectivity index (χ2n) is 7.53. The maximum Gasteiger partial charge on any atom is 0.273 e. The molecule has 1 saturated carbocycles. The number of anilines is 2. The van der Waals surface area contributed by atoms with Gasteiger partial charge in [-0.3, -0.25) is 9.59 Å². The van der Waals surface area contributed by atoms with Gasteiger partial charge in [0.2, 0.25) is 5.91 Å². The van der Waals surface area contributed by atoms with Crippen molar-refractivity contribution in [2.75, 3.05) is 46.2 Å². The van der Waals surface area contributed by atoms with Gasteiger partial charge in [-0.25, -0.2) is 4.98 Å². The van der Waals surface area contributed by atoms with E-state index >= 15 is 0 Å². The molecule has 0 atom stereocenters. The van der Waals surface area contributed by atoms with Crippen LogP contribution in [-0.4, -0.2) is 73.5 Å². The summed E-state index contributed by atoms with van der Waals surface area (Å²) in [7, 11) is 5.55. The van der Waals surface area contributed by atoms with E-state index in [9.17, 15) is 9.59 Å². The van der Waals surface area contributed by atoms with Gasteiger partial charge in [-0.1, -0.05) is 6.07 Å². The summed E-state index contributed by atoms with van der Waals surface area (Å²) in [6.07, 6.45) is 2.26. The van der Waals surface area contributed by atoms with E-state index in [4.69, 9.17) is 4.74 Å². The van der Waals surface area contributed by atoms with Gasteiger partial charge in [0.15, 0.2) is 5.13 Å². The highest BCUT2D eigenvalue weighted by Gasteiger charge is 2.34. The Bertz CT molecular complexity index is 866. The number of benzene rings is 1. The Balaban J connectivity index is 1.56. The fourth-order valence-corrected chi connectivity index (χ4v) is 3.67. The number of hydrogen-bond donors (Lipinski definition) is 2. The molecule has 0 saturated heterocycles. The Morgan fingerprint density at radius 3 is 2.77 bits per heavy atom. The minimum absolute atomic E-state index is 0.0334. The topological polar surface area (TPSA) is 86.8 Å². The quantitative estimate of drug-likeness (QED) is 0.569. The fraction of sp³-hybridized carbons (Fsp3) is 0.476. The molecule has 0 aliphatic heterocycles. The van der Waals surface area contributed by atoms with Crippen molar-refractivity contribution in [1.29, 1.82) is 0 Å². The summed E-state index contributed by atoms with van der Waals surface area (Å²) in [5.74, 6) is 0.596. The van der Waals surface area contributed by atoms with Crippen molar-refractivity contribution < 1.29 is 14.3 Å². The van der Waals surface area contributed by atoms with Crippen molar-refractivity contribution in [2.24, 2.45) is 0 Å². The van der Waals surface area contributed by atoms with E-state index in [0.29, 0.717) is 30.3 Å². The summed E-state index contributed by atoms with van der Waals surface area (Å²) >= 11 is 1.38. The molecule has 8 nitrogen and oxygen atoms in total. The summed E-state index contributed by atoms with van der Waals surface area (Å²) in [5, 5.41) is 8.51. The number of aromatic nitrogens is 1. The third-order valence-electron chi connectivity index (χ3n) is 4.75. The Morgan fingerprint density at radius 1 is 1.27 bits per heavy atom. The number of amides is 2. The first kappa shape index (κ1) is 22.0. The first-order valence-corrected chi connectivity index (χ1v) is 10.9. The maximum absolute atomic E-state index is 13.0. The van der Waals surface area contributed by atoms with E-state index in [1.165, 1.54) is 11.3 Å². The van der Waals surface area contributed by atoms with Crippen molar-refractivity contribution >= 4 is 34.0 Å². The highest BCUT2D eigenvalue weighted by molar-refractivity contribution is 7.14. The Kier molecular flexibility index (Phi) is 7.64. The van der Waals surface area contributed by atoms with Crippen LogP contribution >= 0.6 is 11.3 Å². The number of carbonyl (C=O) groups is 2. The van der Waals surface area contributed by atoms with Crippen LogP contribution in [0, 0.1) is 0 Å². The van der Waals surface area contributed by atoms with Crippen LogP contribution in [0.15, 0.2) is 29.6 Å². The largest absolute Gasteiger partial charge is 0.497 e. The van der Waals surface area contributed by atoms with E-state index in [2.05, 4.69) is 15.6 Å². The average molecular weight is 432 g/mol. The molecule has 2 aromatic rings. The lowest BCUT2D eigenvalue weighted by Crippen LogP contribution is -2.38. The number of nitrogens with one attached hydrogen (secondary N) is 2. The van der Waals surface area contributed by atoms with Crippen LogP contribution in [-0.2, 0) is 4.79 Å². The number of methoxy groups -OCH3 is 1. The zero-order chi connectivity index (χ0) is 21.5. The monoisotopic (exact) mass is 431 g/mol. The molecule has 162 valence electrons. The lowest BCUT2D eigenvalue weighted by atomic mass is 10.3. The molecule has 2 N–H and O–H groups in total. The highest BCUT2D eigenvalue weighted by atomic mass is 32.1. The molecule has 30 heavy (non-hydrogen) atoms. The summed E-state index contributed by atoms with van der Waals surface area (Å²) in [5.41, 5.74) is 1.25. The SMILES string of the molecule is COc1cccc(Nc2nc(C(=O)N(CCC(=O)NCCN(C)C)C3CC3)cs2)c1. The molecule has 1 aromatic carbocycles. The van der Waals surface area contributed by atoms with Crippen LogP contribution in [0.25, 0.3) is 0 Å². The molecule has 1 aliphatic carbocycles. The Morgan fingerprint density at radius 2 is 2.07 bits per heavy atom. The molecule has 1 aliphatic rings. The first-order chi connectivity index (χ1) is 14.5. The van der Waals surface area contributed by atoms with Gasteiger partial charge in [0.05, 0.1) is 7.11 Å². The molecule has 9 heteroatoms. The number of rotatable bonds is 11. The van der Waals surface area contributed by atoms with Gasteiger partial charge in [-0.05, 0) is 39.1 Å². The number of ether oxygens (including phenoxy) is 1. The van der Waals surface area contributed by atoms with Crippen molar-refractivity contribution in [1.82, 2.24) is 20.1 Å². The smallest absolute Gasteiger partial charge is 0.273 e. The molecule has 0 bridgehead atoms. The summed E-state index contributed by atoms with van der Waals surface area (Å²) < 4.78 is 5.23. The molecule has 0 spiro atoms. The van der Waals surface area contributed by atoms with Crippen LogP contribution in [0.3, 0.4) is 0 Å². The molecule has 1 fully saturated rings. The molecular weight excluding hydrogens is 402 g/mol. The van der Waals surface area contributed by atoms with E-state index in [1.807, 2.05) is 43.3 Å². The number of likely N-dealkylation sites (N-methyl/N-ethyl adjacent to an activating group) is 1. The normalized spacial score (nSPS) is 13.2. The number of carbonyl (C=O) groups excluding carboxylic acids is 2. The fourth-order valence-electron chi connectivity index (χ4n) is 2.97. The van der Waals surface area contributed by atoms with Crippen LogP contribution in [0.4, 0.5) is 10.8 Å². The van der Waals surface area contributed by atoms with Crippen LogP contribution in [0.5, 0.6) is 5.75 Å². The standard InChI is InChI=1S/C21H29N5O3S/c1-25(2)12-10-22-19(27)9-11-26(16-7-8-16)20(28)18-14-30-21(24-18)23-15-5-4-6-17(13-15)29-3/h4-6,13-14,16H,7-12H2,1-3H3,(H,22,27)(H,23,24). The average Bonchev–Trinajstić information content (AvgIpc) is 3.45. The van der Waals surface area contributed by atoms with Gasteiger partial charge in [0, 0.05) is 49.2 Å². The minimum atomic E-state index is -0.117. The van der Waals surface area contributed by atoms with Crippen molar-refractivity contribution in [2.45, 2.75) is 25.3 Å². The molecule has 0 radical (unpaired) electrons. The minimum Gasteiger partial charge on any atom is -0.497 e. The van der Waals surface area contributed by atoms with E-state index in [1.54, 1.807) is 17.4 Å². The third-order valence-corrected chi connectivity index (χ3v) is 5.51. The van der Waals surface area contributed by atoms with Crippen LogP contribution < -0.4 is 15.4 Å². The van der Waals surface area contributed by atoms with Crippen LogP contribution in [0.2, 0.25) is 0 Å². The highest BCUT2D eigenvalue weighted by Crippen LogP contribution is 2.30. The number of thiazole rings is 1. The lowest BCUT2D eigenvalue weighted by molar-refractivity contribution is -0.121. The molecular formula is C21H29N5O3S. The van der Waals surface area contributed by atoms with Gasteiger partial charge in [-0.2, -0.15) is 0 Å². The van der Waals surface area contributed by atoms with E-state index in [-0.39, 0.29) is 17.9 Å². The Hall–Kier alpha value is -2.65. The van der Waals surface area contributed by atoms with Crippen molar-refractivity contribution in [3.8, 4) is 5.75 Å². The zero-order valence-electron chi connectivity index (χ0n) is 17.7. The van der Waals surface area contributed by atoms with Crippen LogP contribution in [0.1, 0.15) is 29.8 Å². The number of hydrogen-bond acceptors (Lipinski definition) is 7. The second kappa shape index (κ2) is 10.4.